The fraction of sp³-hybridized carbons (Fsp3) is 0.429. The number of aromatic nitrogens is 2. The lowest BCUT2D eigenvalue weighted by Gasteiger charge is -2.20. The minimum absolute atomic E-state index is 0.0729. The van der Waals surface area contributed by atoms with E-state index < -0.39 is 0 Å². The van der Waals surface area contributed by atoms with Crippen LogP contribution >= 0.6 is 27.3 Å². The minimum atomic E-state index is -0.0729. The molecule has 19 heavy (non-hydrogen) atoms. The van der Waals surface area contributed by atoms with Crippen molar-refractivity contribution in [1.29, 1.82) is 0 Å². The van der Waals surface area contributed by atoms with E-state index in [2.05, 4.69) is 64.7 Å². The molecule has 5 heteroatoms. The van der Waals surface area contributed by atoms with Gasteiger partial charge in [0, 0.05) is 38.8 Å². The van der Waals surface area contributed by atoms with Crippen LogP contribution in [0.1, 0.15) is 32.2 Å². The third-order valence-corrected chi connectivity index (χ3v) is 4.63. The second-order valence-electron chi connectivity index (χ2n) is 5.50. The van der Waals surface area contributed by atoms with E-state index in [1.54, 1.807) is 11.3 Å². The molecule has 2 heterocycles. The van der Waals surface area contributed by atoms with Crippen LogP contribution in [0.3, 0.4) is 0 Å². The first-order valence-corrected chi connectivity index (χ1v) is 7.87. The number of halogens is 1. The molecule has 0 aliphatic carbocycles. The first-order chi connectivity index (χ1) is 8.84. The predicted octanol–water partition coefficient (Wildman–Crippen LogP) is 4.62. The molecule has 0 saturated heterocycles. The molecular formula is C14H18BrN3S. The van der Waals surface area contributed by atoms with E-state index in [1.807, 2.05) is 7.05 Å². The molecular weight excluding hydrogens is 322 g/mol. The van der Waals surface area contributed by atoms with Crippen molar-refractivity contribution in [1.82, 2.24) is 9.97 Å². The molecule has 3 nitrogen and oxygen atoms in total. The largest absolute Gasteiger partial charge is 0.373 e. The molecule has 0 aliphatic rings. The van der Waals surface area contributed by atoms with Gasteiger partial charge in [-0.2, -0.15) is 11.3 Å². The van der Waals surface area contributed by atoms with Gasteiger partial charge in [-0.05, 0) is 22.9 Å². The Morgan fingerprint density at radius 3 is 2.37 bits per heavy atom. The van der Waals surface area contributed by atoms with Gasteiger partial charge in [-0.25, -0.2) is 9.97 Å². The lowest BCUT2D eigenvalue weighted by Crippen LogP contribution is -2.18. The quantitative estimate of drug-likeness (QED) is 0.867. The third-order valence-electron chi connectivity index (χ3n) is 2.92. The number of rotatable bonds is 2. The highest BCUT2D eigenvalue weighted by atomic mass is 79.9. The van der Waals surface area contributed by atoms with E-state index in [1.165, 1.54) is 0 Å². The Hall–Kier alpha value is -0.940. The van der Waals surface area contributed by atoms with Gasteiger partial charge in [-0.1, -0.05) is 20.8 Å². The summed E-state index contributed by atoms with van der Waals surface area (Å²) in [6.07, 6.45) is 0. The highest BCUT2D eigenvalue weighted by Crippen LogP contribution is 2.35. The molecule has 102 valence electrons. The topological polar surface area (TPSA) is 37.8 Å². The van der Waals surface area contributed by atoms with Gasteiger partial charge in [0.2, 0.25) is 0 Å². The summed E-state index contributed by atoms with van der Waals surface area (Å²) < 4.78 is 1.08. The Labute approximate surface area is 126 Å². The molecule has 0 fully saturated rings. The third kappa shape index (κ3) is 2.82. The van der Waals surface area contributed by atoms with Crippen molar-refractivity contribution >= 4 is 33.1 Å². The summed E-state index contributed by atoms with van der Waals surface area (Å²) in [6.45, 7) is 8.44. The molecule has 0 aromatic carbocycles. The van der Waals surface area contributed by atoms with Gasteiger partial charge < -0.3 is 5.32 Å². The molecule has 0 aliphatic heterocycles. The average molecular weight is 340 g/mol. The highest BCUT2D eigenvalue weighted by molar-refractivity contribution is 9.10. The summed E-state index contributed by atoms with van der Waals surface area (Å²) >= 11 is 5.26. The van der Waals surface area contributed by atoms with Crippen molar-refractivity contribution in [3.8, 4) is 11.3 Å². The Bertz CT molecular complexity index is 599. The first kappa shape index (κ1) is 14.5. The van der Waals surface area contributed by atoms with Crippen LogP contribution in [0.2, 0.25) is 0 Å². The highest BCUT2D eigenvalue weighted by Gasteiger charge is 2.22. The molecule has 0 amide bonds. The van der Waals surface area contributed by atoms with Crippen LogP contribution in [0.4, 0.5) is 5.82 Å². The van der Waals surface area contributed by atoms with Crippen molar-refractivity contribution in [2.75, 3.05) is 12.4 Å². The Balaban J connectivity index is 2.70. The Kier molecular flexibility index (Phi) is 3.97. The molecule has 0 atom stereocenters. The maximum absolute atomic E-state index is 4.78. The van der Waals surface area contributed by atoms with Crippen LogP contribution < -0.4 is 5.32 Å². The Morgan fingerprint density at radius 2 is 1.89 bits per heavy atom. The van der Waals surface area contributed by atoms with Crippen molar-refractivity contribution in [3.05, 3.63) is 26.6 Å². The van der Waals surface area contributed by atoms with Crippen LogP contribution in [0.15, 0.2) is 15.2 Å². The van der Waals surface area contributed by atoms with Gasteiger partial charge in [0.05, 0.1) is 5.69 Å². The lowest BCUT2D eigenvalue weighted by atomic mass is 9.95. The fourth-order valence-electron chi connectivity index (χ4n) is 1.81. The van der Waals surface area contributed by atoms with Crippen LogP contribution in [0.25, 0.3) is 11.3 Å². The smallest absolute Gasteiger partial charge is 0.136 e. The van der Waals surface area contributed by atoms with Crippen molar-refractivity contribution in [3.63, 3.8) is 0 Å². The van der Waals surface area contributed by atoms with Gasteiger partial charge in [0.15, 0.2) is 0 Å². The van der Waals surface area contributed by atoms with E-state index in [-0.39, 0.29) is 5.41 Å². The number of thiophene rings is 1. The van der Waals surface area contributed by atoms with Crippen molar-refractivity contribution < 1.29 is 0 Å². The number of nitrogens with zero attached hydrogens (tertiary/aromatic N) is 2. The van der Waals surface area contributed by atoms with Gasteiger partial charge in [0.1, 0.15) is 11.6 Å². The second-order valence-corrected chi connectivity index (χ2v) is 7.10. The van der Waals surface area contributed by atoms with E-state index in [4.69, 9.17) is 4.98 Å². The number of nitrogens with one attached hydrogen (secondary N) is 1. The van der Waals surface area contributed by atoms with Crippen LogP contribution in [-0.2, 0) is 5.41 Å². The van der Waals surface area contributed by atoms with Gasteiger partial charge in [-0.15, -0.1) is 0 Å². The van der Waals surface area contributed by atoms with Crippen molar-refractivity contribution in [2.24, 2.45) is 0 Å². The SMILES string of the molecule is CNc1nc(C(C)(C)C)nc(-c2cscc2Br)c1C. The zero-order valence-corrected chi connectivity index (χ0v) is 14.2. The van der Waals surface area contributed by atoms with Crippen LogP contribution in [-0.4, -0.2) is 17.0 Å². The summed E-state index contributed by atoms with van der Waals surface area (Å²) in [7, 11) is 1.90. The van der Waals surface area contributed by atoms with Gasteiger partial charge in [-0.3, -0.25) is 0 Å². The number of hydrogen-bond acceptors (Lipinski definition) is 4. The summed E-state index contributed by atoms with van der Waals surface area (Å²) in [5.74, 6) is 1.75. The van der Waals surface area contributed by atoms with E-state index >= 15 is 0 Å². The summed E-state index contributed by atoms with van der Waals surface area (Å²) in [5.41, 5.74) is 3.13. The second kappa shape index (κ2) is 5.21. The predicted molar refractivity (Wildman–Crippen MR) is 86.0 cm³/mol. The maximum Gasteiger partial charge on any atom is 0.136 e. The minimum Gasteiger partial charge on any atom is -0.373 e. The molecule has 0 saturated carbocycles. The van der Waals surface area contributed by atoms with Gasteiger partial charge >= 0.3 is 0 Å². The van der Waals surface area contributed by atoms with Gasteiger partial charge in [0.25, 0.3) is 0 Å². The maximum atomic E-state index is 4.78. The normalized spacial score (nSPS) is 11.7. The molecule has 0 radical (unpaired) electrons. The van der Waals surface area contributed by atoms with Crippen molar-refractivity contribution in [2.45, 2.75) is 33.1 Å². The van der Waals surface area contributed by atoms with Crippen LogP contribution in [0.5, 0.6) is 0 Å². The lowest BCUT2D eigenvalue weighted by molar-refractivity contribution is 0.546. The number of hydrogen-bond donors (Lipinski definition) is 1. The van der Waals surface area contributed by atoms with Crippen LogP contribution in [0, 0.1) is 6.92 Å². The van der Waals surface area contributed by atoms with E-state index in [9.17, 15) is 0 Å². The monoisotopic (exact) mass is 339 g/mol. The molecule has 0 bridgehead atoms. The molecule has 1 N–H and O–H groups in total. The molecule has 2 rings (SSSR count). The molecule has 0 unspecified atom stereocenters. The first-order valence-electron chi connectivity index (χ1n) is 6.13. The summed E-state index contributed by atoms with van der Waals surface area (Å²) in [4.78, 5) is 9.41. The summed E-state index contributed by atoms with van der Waals surface area (Å²) in [6, 6.07) is 0. The molecule has 2 aromatic heterocycles. The molecule has 2 aromatic rings. The van der Waals surface area contributed by atoms with E-state index in [0.717, 1.165) is 32.9 Å². The summed E-state index contributed by atoms with van der Waals surface area (Å²) in [5, 5.41) is 7.36. The standard InChI is InChI=1S/C14H18BrN3S/c1-8-11(9-6-19-7-10(9)15)17-13(14(2,3)4)18-12(8)16-5/h6-7H,1-5H3,(H,16,17,18). The number of anilines is 1. The Morgan fingerprint density at radius 1 is 1.21 bits per heavy atom. The fourth-order valence-corrected chi connectivity index (χ4v) is 3.27. The molecule has 0 spiro atoms. The average Bonchev–Trinajstić information content (AvgIpc) is 2.74. The zero-order chi connectivity index (χ0) is 14.2. The zero-order valence-electron chi connectivity index (χ0n) is 11.8. The van der Waals surface area contributed by atoms with E-state index in [0.29, 0.717) is 0 Å².